The number of phenols is 2. The Morgan fingerprint density at radius 2 is 1.83 bits per heavy atom. The predicted octanol–water partition coefficient (Wildman–Crippen LogP) is 1.84. The Kier molecular flexibility index (Phi) is 4.37. The summed E-state index contributed by atoms with van der Waals surface area (Å²) in [5.74, 6) is -1.64. The van der Waals surface area contributed by atoms with Crippen molar-refractivity contribution in [1.82, 2.24) is 4.90 Å². The highest BCUT2D eigenvalue weighted by Crippen LogP contribution is 2.23. The summed E-state index contributed by atoms with van der Waals surface area (Å²) in [6, 6.07) is 11.5. The lowest BCUT2D eigenvalue weighted by Gasteiger charge is -2.28. The lowest BCUT2D eigenvalue weighted by atomic mass is 10.00. The van der Waals surface area contributed by atoms with Gasteiger partial charge in [-0.25, -0.2) is 4.79 Å². The van der Waals surface area contributed by atoms with E-state index in [2.05, 4.69) is 0 Å². The van der Waals surface area contributed by atoms with Crippen molar-refractivity contribution in [3.8, 4) is 11.5 Å². The minimum atomic E-state index is -0.807. The topological polar surface area (TPSA) is 87.1 Å². The van der Waals surface area contributed by atoms with Gasteiger partial charge in [0.2, 0.25) is 0 Å². The van der Waals surface area contributed by atoms with E-state index in [0.717, 1.165) is 18.1 Å². The van der Waals surface area contributed by atoms with Crippen LogP contribution in [-0.2, 0) is 22.5 Å². The van der Waals surface area contributed by atoms with Gasteiger partial charge in [-0.3, -0.25) is 4.79 Å². The summed E-state index contributed by atoms with van der Waals surface area (Å²) in [6.45, 7) is 0.691. The summed E-state index contributed by atoms with van der Waals surface area (Å²) in [7, 11) is 0. The van der Waals surface area contributed by atoms with E-state index in [4.69, 9.17) is 4.74 Å². The number of nitrogens with zero attached hydrogens (tertiary/aromatic N) is 1. The lowest BCUT2D eigenvalue weighted by molar-refractivity contribution is -0.135. The van der Waals surface area contributed by atoms with Crippen molar-refractivity contribution in [2.45, 2.75) is 13.0 Å². The van der Waals surface area contributed by atoms with E-state index in [0.29, 0.717) is 13.1 Å². The van der Waals surface area contributed by atoms with Crippen LogP contribution >= 0.6 is 0 Å². The number of fused-ring (bicyclic) bond motifs is 1. The highest BCUT2D eigenvalue weighted by molar-refractivity contribution is 5.94. The molecule has 0 unspecified atom stereocenters. The number of hydrogen-bond acceptors (Lipinski definition) is 5. The molecule has 0 aromatic heterocycles. The zero-order valence-electron chi connectivity index (χ0n) is 12.9. The molecule has 0 spiro atoms. The fourth-order valence-electron chi connectivity index (χ4n) is 2.70. The molecule has 6 heteroatoms. The molecular formula is C18H17NO5. The molecule has 0 saturated carbocycles. The van der Waals surface area contributed by atoms with Crippen LogP contribution in [0.5, 0.6) is 11.5 Å². The summed E-state index contributed by atoms with van der Waals surface area (Å²) < 4.78 is 4.98. The number of carbonyl (C=O) groups excluding carboxylic acids is 2. The highest BCUT2D eigenvalue weighted by Gasteiger charge is 2.22. The van der Waals surface area contributed by atoms with Gasteiger partial charge in [0.05, 0.1) is 0 Å². The Morgan fingerprint density at radius 1 is 1.08 bits per heavy atom. The first-order valence-corrected chi connectivity index (χ1v) is 7.58. The Balaban J connectivity index is 1.59. The van der Waals surface area contributed by atoms with Gasteiger partial charge in [0, 0.05) is 19.2 Å². The second-order valence-corrected chi connectivity index (χ2v) is 5.61. The van der Waals surface area contributed by atoms with Crippen LogP contribution in [0, 0.1) is 0 Å². The van der Waals surface area contributed by atoms with Crippen molar-refractivity contribution in [3.63, 3.8) is 0 Å². The van der Waals surface area contributed by atoms with Crippen LogP contribution in [0.15, 0.2) is 42.5 Å². The van der Waals surface area contributed by atoms with Crippen LogP contribution in [0.25, 0.3) is 0 Å². The summed E-state index contributed by atoms with van der Waals surface area (Å²) in [5.41, 5.74) is 2.23. The molecule has 24 heavy (non-hydrogen) atoms. The van der Waals surface area contributed by atoms with Crippen molar-refractivity contribution < 1.29 is 24.5 Å². The van der Waals surface area contributed by atoms with Gasteiger partial charge in [0.25, 0.3) is 5.91 Å². The normalized spacial score (nSPS) is 13.2. The van der Waals surface area contributed by atoms with E-state index in [1.54, 1.807) is 4.90 Å². The summed E-state index contributed by atoms with van der Waals surface area (Å²) in [5, 5.41) is 18.8. The maximum atomic E-state index is 12.2. The number of hydrogen-bond donors (Lipinski definition) is 2. The zero-order valence-corrected chi connectivity index (χ0v) is 12.9. The summed E-state index contributed by atoms with van der Waals surface area (Å²) >= 11 is 0. The van der Waals surface area contributed by atoms with Gasteiger partial charge < -0.3 is 19.8 Å². The van der Waals surface area contributed by atoms with Crippen LogP contribution in [-0.4, -0.2) is 40.1 Å². The maximum absolute atomic E-state index is 12.2. The zero-order chi connectivity index (χ0) is 17.1. The molecule has 0 radical (unpaired) electrons. The number of aromatic hydroxyl groups is 2. The second kappa shape index (κ2) is 6.62. The maximum Gasteiger partial charge on any atom is 0.342 e. The first-order chi connectivity index (χ1) is 11.5. The van der Waals surface area contributed by atoms with Crippen LogP contribution in [0.4, 0.5) is 0 Å². The van der Waals surface area contributed by atoms with Gasteiger partial charge in [0.15, 0.2) is 6.61 Å². The Bertz CT molecular complexity index is 787. The lowest BCUT2D eigenvalue weighted by Crippen LogP contribution is -2.38. The van der Waals surface area contributed by atoms with E-state index in [-0.39, 0.29) is 29.6 Å². The molecular weight excluding hydrogens is 310 g/mol. The number of ether oxygens (including phenoxy) is 1. The van der Waals surface area contributed by atoms with Crippen molar-refractivity contribution in [1.29, 1.82) is 0 Å². The van der Waals surface area contributed by atoms with E-state index < -0.39 is 5.97 Å². The molecule has 0 aliphatic carbocycles. The molecule has 2 N–H and O–H groups in total. The number of benzene rings is 2. The van der Waals surface area contributed by atoms with Gasteiger partial charge in [-0.2, -0.15) is 0 Å². The fourth-order valence-corrected chi connectivity index (χ4v) is 2.70. The smallest absolute Gasteiger partial charge is 0.342 e. The van der Waals surface area contributed by atoms with Crippen molar-refractivity contribution >= 4 is 11.9 Å². The minimum absolute atomic E-state index is 0.0930. The summed E-state index contributed by atoms with van der Waals surface area (Å²) in [4.78, 5) is 25.8. The fraction of sp³-hybridized carbons (Fsp3) is 0.222. The standard InChI is InChI=1S/C18H17NO5/c20-14-5-6-15(16(21)9-14)18(23)24-11-17(22)19-8-7-12-3-1-2-4-13(12)10-19/h1-6,9,20-21H,7-8,10-11H2. The van der Waals surface area contributed by atoms with Crippen LogP contribution in [0.2, 0.25) is 0 Å². The number of rotatable bonds is 3. The molecule has 0 bridgehead atoms. The van der Waals surface area contributed by atoms with Gasteiger partial charge in [0.1, 0.15) is 17.1 Å². The average molecular weight is 327 g/mol. The Morgan fingerprint density at radius 3 is 2.58 bits per heavy atom. The predicted molar refractivity (Wildman–Crippen MR) is 85.6 cm³/mol. The quantitative estimate of drug-likeness (QED) is 0.840. The molecule has 124 valence electrons. The molecule has 1 heterocycles. The van der Waals surface area contributed by atoms with Gasteiger partial charge in [-0.1, -0.05) is 24.3 Å². The number of carbonyl (C=O) groups is 2. The minimum Gasteiger partial charge on any atom is -0.508 e. The third-order valence-corrected chi connectivity index (χ3v) is 4.01. The van der Waals surface area contributed by atoms with Crippen molar-refractivity contribution in [3.05, 3.63) is 59.2 Å². The summed E-state index contributed by atoms with van der Waals surface area (Å²) in [6.07, 6.45) is 0.772. The molecule has 0 fully saturated rings. The van der Waals surface area contributed by atoms with E-state index >= 15 is 0 Å². The molecule has 6 nitrogen and oxygen atoms in total. The Hall–Kier alpha value is -3.02. The van der Waals surface area contributed by atoms with Crippen LogP contribution in [0.3, 0.4) is 0 Å². The molecule has 1 amide bonds. The molecule has 1 aliphatic heterocycles. The third kappa shape index (κ3) is 3.32. The first-order valence-electron chi connectivity index (χ1n) is 7.58. The van der Waals surface area contributed by atoms with E-state index in [9.17, 15) is 19.8 Å². The van der Waals surface area contributed by atoms with E-state index in [1.165, 1.54) is 17.7 Å². The average Bonchev–Trinajstić information content (AvgIpc) is 2.59. The van der Waals surface area contributed by atoms with Crippen molar-refractivity contribution in [2.24, 2.45) is 0 Å². The van der Waals surface area contributed by atoms with E-state index in [1.807, 2.05) is 24.3 Å². The molecule has 0 atom stereocenters. The first kappa shape index (κ1) is 15.9. The monoisotopic (exact) mass is 327 g/mol. The molecule has 1 aliphatic rings. The largest absolute Gasteiger partial charge is 0.508 e. The number of amides is 1. The van der Waals surface area contributed by atoms with Gasteiger partial charge >= 0.3 is 5.97 Å². The number of phenolic OH excluding ortho intramolecular Hbond substituents is 2. The second-order valence-electron chi connectivity index (χ2n) is 5.61. The third-order valence-electron chi connectivity index (χ3n) is 4.01. The van der Waals surface area contributed by atoms with Crippen molar-refractivity contribution in [2.75, 3.05) is 13.2 Å². The molecule has 2 aromatic rings. The van der Waals surface area contributed by atoms with Gasteiger partial charge in [-0.15, -0.1) is 0 Å². The SMILES string of the molecule is O=C(OCC(=O)N1CCc2ccccc2C1)c1ccc(O)cc1O. The molecule has 0 saturated heterocycles. The number of esters is 1. The van der Waals surface area contributed by atoms with Crippen LogP contribution in [0.1, 0.15) is 21.5 Å². The molecule has 3 rings (SSSR count). The molecule has 2 aromatic carbocycles. The van der Waals surface area contributed by atoms with Gasteiger partial charge in [-0.05, 0) is 29.7 Å². The van der Waals surface area contributed by atoms with Crippen LogP contribution < -0.4 is 0 Å². The highest BCUT2D eigenvalue weighted by atomic mass is 16.5. The Labute approximate surface area is 138 Å².